The number of sulfonamides is 1. The molecule has 1 N–H and O–H groups in total. The molecule has 21 heavy (non-hydrogen) atoms. The van der Waals surface area contributed by atoms with E-state index >= 15 is 0 Å². The van der Waals surface area contributed by atoms with Crippen LogP contribution < -0.4 is 4.31 Å². The highest BCUT2D eigenvalue weighted by Gasteiger charge is 2.27. The van der Waals surface area contributed by atoms with E-state index in [9.17, 15) is 13.5 Å². The Morgan fingerprint density at radius 1 is 1.24 bits per heavy atom. The Balaban J connectivity index is 2.44. The van der Waals surface area contributed by atoms with E-state index in [1.807, 2.05) is 12.1 Å². The first-order valence-corrected chi connectivity index (χ1v) is 8.99. The van der Waals surface area contributed by atoms with E-state index in [1.165, 1.54) is 22.7 Å². The van der Waals surface area contributed by atoms with Crippen molar-refractivity contribution in [2.24, 2.45) is 0 Å². The third-order valence-electron chi connectivity index (χ3n) is 3.46. The average Bonchev–Trinajstić information content (AvgIpc) is 2.88. The van der Waals surface area contributed by atoms with Gasteiger partial charge in [-0.1, -0.05) is 19.1 Å². The van der Waals surface area contributed by atoms with Gasteiger partial charge in [-0.3, -0.25) is 4.31 Å². The molecule has 0 bridgehead atoms. The quantitative estimate of drug-likeness (QED) is 0.919. The van der Waals surface area contributed by atoms with E-state index < -0.39 is 10.0 Å². The van der Waals surface area contributed by atoms with Gasteiger partial charge in [0.1, 0.15) is 4.90 Å². The summed E-state index contributed by atoms with van der Waals surface area (Å²) in [5.74, 6) is 0. The molecule has 0 saturated carbocycles. The van der Waals surface area contributed by atoms with Gasteiger partial charge in [-0.15, -0.1) is 11.3 Å². The summed E-state index contributed by atoms with van der Waals surface area (Å²) in [7, 11) is -2.12. The Labute approximate surface area is 129 Å². The lowest BCUT2D eigenvalue weighted by Crippen LogP contribution is -2.27. The summed E-state index contributed by atoms with van der Waals surface area (Å²) in [4.78, 5) is 0.696. The summed E-state index contributed by atoms with van der Waals surface area (Å²) in [6.07, 6.45) is 0.912. The molecule has 0 radical (unpaired) electrons. The van der Waals surface area contributed by atoms with Gasteiger partial charge in [-0.2, -0.15) is 0 Å². The molecule has 0 saturated heterocycles. The lowest BCUT2D eigenvalue weighted by atomic mass is 10.1. The number of aliphatic hydroxyl groups is 1. The molecule has 2 aromatic rings. The highest BCUT2D eigenvalue weighted by atomic mass is 32.2. The molecule has 114 valence electrons. The molecule has 1 heterocycles. The summed E-state index contributed by atoms with van der Waals surface area (Å²) < 4.78 is 26.8. The topological polar surface area (TPSA) is 57.6 Å². The van der Waals surface area contributed by atoms with E-state index in [-0.39, 0.29) is 11.5 Å². The van der Waals surface area contributed by atoms with Crippen LogP contribution in [0.4, 0.5) is 5.69 Å². The molecule has 0 atom stereocenters. The highest BCUT2D eigenvalue weighted by molar-refractivity contribution is 7.93. The van der Waals surface area contributed by atoms with Crippen LogP contribution in [0.2, 0.25) is 0 Å². The number of aryl methyl sites for hydroxylation is 2. The van der Waals surface area contributed by atoms with E-state index in [2.05, 4.69) is 6.92 Å². The SMILES string of the molecule is CCc1ccc(N(C)S(=O)(=O)c2c(C)csc2CO)cc1. The zero-order valence-corrected chi connectivity index (χ0v) is 14.0. The van der Waals surface area contributed by atoms with Crippen molar-refractivity contribution in [1.29, 1.82) is 0 Å². The molecule has 0 fully saturated rings. The summed E-state index contributed by atoms with van der Waals surface area (Å²) in [6.45, 7) is 3.53. The summed E-state index contributed by atoms with van der Waals surface area (Å²) >= 11 is 1.27. The van der Waals surface area contributed by atoms with Gasteiger partial charge in [0.05, 0.1) is 17.2 Å². The van der Waals surface area contributed by atoms with Gasteiger partial charge in [0.2, 0.25) is 0 Å². The minimum absolute atomic E-state index is 0.220. The molecule has 0 aliphatic carbocycles. The molecule has 0 unspecified atom stereocenters. The van der Waals surface area contributed by atoms with Crippen LogP contribution in [0.15, 0.2) is 34.5 Å². The van der Waals surface area contributed by atoms with E-state index in [0.29, 0.717) is 16.1 Å². The van der Waals surface area contributed by atoms with Gasteiger partial charge in [0.15, 0.2) is 0 Å². The number of rotatable bonds is 5. The normalized spacial score (nSPS) is 11.6. The van der Waals surface area contributed by atoms with E-state index in [4.69, 9.17) is 0 Å². The van der Waals surface area contributed by atoms with Crippen LogP contribution in [0.1, 0.15) is 22.9 Å². The molecule has 0 aliphatic rings. The summed E-state index contributed by atoms with van der Waals surface area (Å²) in [5, 5.41) is 11.1. The Kier molecular flexibility index (Phi) is 4.70. The second kappa shape index (κ2) is 6.17. The Bertz CT molecular complexity index is 718. The van der Waals surface area contributed by atoms with Crippen molar-refractivity contribution in [2.75, 3.05) is 11.4 Å². The van der Waals surface area contributed by atoms with Gasteiger partial charge in [-0.05, 0) is 42.0 Å². The standard InChI is InChI=1S/C15H19NO3S2/c1-4-12-5-7-13(8-6-12)16(3)21(18,19)15-11(2)10-20-14(15)9-17/h5-8,10,17H,4,9H2,1-3H3. The second-order valence-corrected chi connectivity index (χ2v) is 7.69. The monoisotopic (exact) mass is 325 g/mol. The molecule has 1 aromatic heterocycles. The van der Waals surface area contributed by atoms with Crippen LogP contribution in [0.5, 0.6) is 0 Å². The van der Waals surface area contributed by atoms with Crippen LogP contribution in [0.3, 0.4) is 0 Å². The van der Waals surface area contributed by atoms with Crippen molar-refractivity contribution >= 4 is 27.0 Å². The Hall–Kier alpha value is -1.37. The zero-order chi connectivity index (χ0) is 15.6. The van der Waals surface area contributed by atoms with Gasteiger partial charge in [0.25, 0.3) is 10.0 Å². The van der Waals surface area contributed by atoms with E-state index in [1.54, 1.807) is 24.4 Å². The van der Waals surface area contributed by atoms with Crippen LogP contribution in [0, 0.1) is 6.92 Å². The first-order chi connectivity index (χ1) is 9.91. The number of anilines is 1. The fourth-order valence-corrected chi connectivity index (χ4v) is 4.97. The first-order valence-electron chi connectivity index (χ1n) is 6.67. The third-order valence-corrected chi connectivity index (χ3v) is 6.69. The average molecular weight is 325 g/mol. The lowest BCUT2D eigenvalue weighted by Gasteiger charge is -2.20. The maximum Gasteiger partial charge on any atom is 0.265 e. The van der Waals surface area contributed by atoms with Gasteiger partial charge < -0.3 is 5.11 Å². The highest BCUT2D eigenvalue weighted by Crippen LogP contribution is 2.31. The van der Waals surface area contributed by atoms with Crippen molar-refractivity contribution < 1.29 is 13.5 Å². The maximum absolute atomic E-state index is 12.8. The number of benzene rings is 1. The first kappa shape index (κ1) is 16.0. The fraction of sp³-hybridized carbons (Fsp3) is 0.333. The number of thiophene rings is 1. The largest absolute Gasteiger partial charge is 0.391 e. The zero-order valence-electron chi connectivity index (χ0n) is 12.3. The van der Waals surface area contributed by atoms with Crippen LogP contribution in [-0.2, 0) is 23.1 Å². The lowest BCUT2D eigenvalue weighted by molar-refractivity contribution is 0.282. The van der Waals surface area contributed by atoms with Gasteiger partial charge >= 0.3 is 0 Å². The third kappa shape index (κ3) is 2.97. The van der Waals surface area contributed by atoms with Crippen LogP contribution in [0.25, 0.3) is 0 Å². The summed E-state index contributed by atoms with van der Waals surface area (Å²) in [6, 6.07) is 7.46. The van der Waals surface area contributed by atoms with Crippen molar-refractivity contribution in [1.82, 2.24) is 0 Å². The van der Waals surface area contributed by atoms with Crippen molar-refractivity contribution in [3.8, 4) is 0 Å². The summed E-state index contributed by atoms with van der Waals surface area (Å²) in [5.41, 5.74) is 2.44. The Morgan fingerprint density at radius 2 is 1.86 bits per heavy atom. The predicted octanol–water partition coefficient (Wildman–Crippen LogP) is 2.94. The van der Waals surface area contributed by atoms with Crippen LogP contribution >= 0.6 is 11.3 Å². The molecule has 0 spiro atoms. The van der Waals surface area contributed by atoms with Crippen molar-refractivity contribution in [3.63, 3.8) is 0 Å². The minimum atomic E-state index is -3.66. The molecule has 6 heteroatoms. The molecular formula is C15H19NO3S2. The molecule has 0 aliphatic heterocycles. The maximum atomic E-state index is 12.8. The van der Waals surface area contributed by atoms with E-state index in [0.717, 1.165) is 12.0 Å². The molecule has 0 amide bonds. The smallest absolute Gasteiger partial charge is 0.265 e. The van der Waals surface area contributed by atoms with Crippen molar-refractivity contribution in [3.05, 3.63) is 45.6 Å². The number of nitrogens with zero attached hydrogens (tertiary/aromatic N) is 1. The molecule has 2 rings (SSSR count). The van der Waals surface area contributed by atoms with Crippen LogP contribution in [-0.4, -0.2) is 20.6 Å². The Morgan fingerprint density at radius 3 is 2.38 bits per heavy atom. The number of aliphatic hydroxyl groups excluding tert-OH is 1. The fourth-order valence-electron chi connectivity index (χ4n) is 2.16. The second-order valence-electron chi connectivity index (χ2n) is 4.82. The minimum Gasteiger partial charge on any atom is -0.391 e. The number of hydrogen-bond acceptors (Lipinski definition) is 4. The molecule has 4 nitrogen and oxygen atoms in total. The van der Waals surface area contributed by atoms with Crippen molar-refractivity contribution in [2.45, 2.75) is 31.8 Å². The molecular weight excluding hydrogens is 306 g/mol. The number of hydrogen-bond donors (Lipinski definition) is 1. The predicted molar refractivity (Wildman–Crippen MR) is 86.4 cm³/mol. The van der Waals surface area contributed by atoms with Gasteiger partial charge in [-0.25, -0.2) is 8.42 Å². The molecule has 1 aromatic carbocycles. The van der Waals surface area contributed by atoms with Gasteiger partial charge in [0, 0.05) is 7.05 Å².